The van der Waals surface area contributed by atoms with Gasteiger partial charge in [-0.05, 0) is 30.4 Å². The fourth-order valence-corrected chi connectivity index (χ4v) is 5.59. The molecule has 0 bridgehead atoms. The Labute approximate surface area is 201 Å². The van der Waals surface area contributed by atoms with Gasteiger partial charge in [-0.15, -0.1) is 0 Å². The number of anilines is 1. The summed E-state index contributed by atoms with van der Waals surface area (Å²) in [6.07, 6.45) is 4.99. The molecule has 1 aliphatic heterocycles. The van der Waals surface area contributed by atoms with Crippen LogP contribution in [0.15, 0.2) is 62.2 Å². The summed E-state index contributed by atoms with van der Waals surface area (Å²) < 4.78 is 18.5. The van der Waals surface area contributed by atoms with E-state index in [-0.39, 0.29) is 26.5 Å². The molecule has 3 heterocycles. The lowest BCUT2D eigenvalue weighted by Gasteiger charge is -2.38. The van der Waals surface area contributed by atoms with E-state index in [9.17, 15) is 0 Å². The Bertz CT molecular complexity index is 1380. The quantitative estimate of drug-likeness (QED) is 0.335. The Hall–Kier alpha value is -3.11. The predicted octanol–water partition coefficient (Wildman–Crippen LogP) is 5.40. The average molecular weight is 551 g/mol. The number of nitrogens with zero attached hydrogens (tertiary/aromatic N) is 4. The molecule has 4 aromatic rings. The van der Waals surface area contributed by atoms with Crippen LogP contribution in [-0.4, -0.2) is 27.6 Å². The number of rotatable bonds is 5. The van der Waals surface area contributed by atoms with Crippen LogP contribution in [0.3, 0.4) is 0 Å². The van der Waals surface area contributed by atoms with Crippen LogP contribution >= 0.6 is 21.0 Å². The van der Waals surface area contributed by atoms with Crippen molar-refractivity contribution in [3.05, 3.63) is 60.2 Å². The van der Waals surface area contributed by atoms with E-state index >= 15 is 0 Å². The minimum Gasteiger partial charge on any atom is -0.480 e. The molecule has 8 heteroatoms. The first-order valence-electron chi connectivity index (χ1n) is 10.8. The number of benzene rings is 2. The second kappa shape index (κ2) is 8.03. The second-order valence-electron chi connectivity index (χ2n) is 8.29. The van der Waals surface area contributed by atoms with Crippen molar-refractivity contribution in [1.82, 2.24) is 9.97 Å². The molecule has 2 aliphatic rings. The summed E-state index contributed by atoms with van der Waals surface area (Å²) >= 11 is -0.358. The van der Waals surface area contributed by atoms with Gasteiger partial charge in [-0.3, -0.25) is 4.90 Å². The van der Waals surface area contributed by atoms with Crippen LogP contribution < -0.4 is 15.4 Å². The zero-order chi connectivity index (χ0) is 22.4. The van der Waals surface area contributed by atoms with E-state index in [4.69, 9.17) is 19.9 Å². The van der Waals surface area contributed by atoms with Crippen LogP contribution in [0.25, 0.3) is 33.6 Å². The fraction of sp³-hybridized carbons (Fsp3) is 0.200. The molecule has 0 atom stereocenters. The molecule has 6 rings (SSSR count). The van der Waals surface area contributed by atoms with Crippen molar-refractivity contribution in [3.8, 4) is 28.3 Å². The summed E-state index contributed by atoms with van der Waals surface area (Å²) in [5.74, 6) is 1.70. The van der Waals surface area contributed by atoms with E-state index < -0.39 is 0 Å². The molecule has 0 spiro atoms. The van der Waals surface area contributed by atoms with Gasteiger partial charge in [-0.2, -0.15) is 9.97 Å². The highest BCUT2D eigenvalue weighted by Crippen LogP contribution is 2.45. The molecule has 2 aromatic carbocycles. The maximum atomic E-state index is 6.54. The second-order valence-corrected chi connectivity index (χ2v) is 9.96. The Kier molecular flexibility index (Phi) is 4.99. The molecular weight excluding hydrogens is 529 g/mol. The molecule has 33 heavy (non-hydrogen) atoms. The van der Waals surface area contributed by atoms with Gasteiger partial charge in [0.2, 0.25) is 17.5 Å². The van der Waals surface area contributed by atoms with Gasteiger partial charge in [0.1, 0.15) is 17.5 Å². The lowest BCUT2D eigenvalue weighted by molar-refractivity contribution is 0.253. The molecule has 0 saturated heterocycles. The summed E-state index contributed by atoms with van der Waals surface area (Å²) in [5, 5.41) is 0.756. The minimum atomic E-state index is -0.358. The first-order valence-corrected chi connectivity index (χ1v) is 13.0. The van der Waals surface area contributed by atoms with Crippen molar-refractivity contribution >= 4 is 48.5 Å². The van der Waals surface area contributed by atoms with Crippen molar-refractivity contribution in [1.29, 1.82) is 0 Å². The molecule has 1 fully saturated rings. The molecule has 1 aliphatic carbocycles. The molecule has 166 valence electrons. The number of hydrogen-bond acceptors (Lipinski definition) is 7. The van der Waals surface area contributed by atoms with Gasteiger partial charge in [0, 0.05) is 37.7 Å². The summed E-state index contributed by atoms with van der Waals surface area (Å²) in [4.78, 5) is 11.2. The molecule has 0 unspecified atom stereocenters. The Morgan fingerprint density at radius 3 is 2.45 bits per heavy atom. The standard InChI is InChI=1S/C25H22IN5O2/c1-32-22-20-19(16-6-3-2-4-7-16)21(17-8-10-18(11-9-17)25(27)12-5-13-25)33-23(20)30-24(29-22)31-14-26-28-15-31/h2-4,6-11,14-15H,5,12-13,27H2,1H3. The van der Waals surface area contributed by atoms with E-state index in [1.807, 2.05) is 27.2 Å². The van der Waals surface area contributed by atoms with E-state index in [2.05, 4.69) is 44.6 Å². The monoisotopic (exact) mass is 551 g/mol. The van der Waals surface area contributed by atoms with Gasteiger partial charge in [-0.25, -0.2) is 3.21 Å². The van der Waals surface area contributed by atoms with Gasteiger partial charge in [0.05, 0.1) is 11.2 Å². The highest BCUT2D eigenvalue weighted by atomic mass is 127. The third-order valence-electron chi connectivity index (χ3n) is 6.33. The van der Waals surface area contributed by atoms with Crippen LogP contribution in [0.2, 0.25) is 0 Å². The van der Waals surface area contributed by atoms with E-state index in [1.165, 1.54) is 12.0 Å². The number of halogens is 1. The third kappa shape index (κ3) is 3.44. The zero-order valence-corrected chi connectivity index (χ0v) is 20.2. The van der Waals surface area contributed by atoms with Crippen LogP contribution in [0.5, 0.6) is 5.88 Å². The fourth-order valence-electron chi connectivity index (χ4n) is 4.37. The van der Waals surface area contributed by atoms with E-state index in [0.29, 0.717) is 17.5 Å². The average Bonchev–Trinajstić information content (AvgIpc) is 3.51. The Balaban J connectivity index is 1.56. The van der Waals surface area contributed by atoms with Gasteiger partial charge in [0.15, 0.2) is 0 Å². The maximum absolute atomic E-state index is 6.54. The zero-order valence-electron chi connectivity index (χ0n) is 18.0. The van der Waals surface area contributed by atoms with Gasteiger partial charge in [-0.1, -0.05) is 54.6 Å². The minimum absolute atomic E-state index is 0.200. The van der Waals surface area contributed by atoms with Crippen molar-refractivity contribution < 1.29 is 9.15 Å². The van der Waals surface area contributed by atoms with E-state index in [0.717, 1.165) is 40.7 Å². The number of hydrogen-bond donors (Lipinski definition) is 1. The third-order valence-corrected chi connectivity index (χ3v) is 7.75. The van der Waals surface area contributed by atoms with E-state index in [1.54, 1.807) is 13.4 Å². The number of nitrogens with two attached hydrogens (primary N) is 1. The molecule has 2 N–H and O–H groups in total. The van der Waals surface area contributed by atoms with Crippen molar-refractivity contribution in [2.45, 2.75) is 24.8 Å². The molecule has 2 aromatic heterocycles. The normalized spacial score (nSPS) is 16.6. The van der Waals surface area contributed by atoms with Crippen molar-refractivity contribution in [2.24, 2.45) is 8.94 Å². The Morgan fingerprint density at radius 2 is 1.82 bits per heavy atom. The maximum Gasteiger partial charge on any atom is 0.241 e. The smallest absolute Gasteiger partial charge is 0.241 e. The molecule has 0 amide bonds. The lowest BCUT2D eigenvalue weighted by atomic mass is 9.72. The van der Waals surface area contributed by atoms with Gasteiger partial charge in [0.25, 0.3) is 0 Å². The van der Waals surface area contributed by atoms with Crippen LogP contribution in [0, 0.1) is 0 Å². The van der Waals surface area contributed by atoms with Crippen LogP contribution in [-0.2, 0) is 5.54 Å². The summed E-state index contributed by atoms with van der Waals surface area (Å²) in [5.41, 5.74) is 10.9. The van der Waals surface area contributed by atoms with Crippen molar-refractivity contribution in [3.63, 3.8) is 0 Å². The van der Waals surface area contributed by atoms with Gasteiger partial charge >= 0.3 is 0 Å². The predicted molar refractivity (Wildman–Crippen MR) is 140 cm³/mol. The highest BCUT2D eigenvalue weighted by molar-refractivity contribution is 14.2. The largest absolute Gasteiger partial charge is 0.480 e. The first kappa shape index (κ1) is 20.5. The number of aromatic nitrogens is 2. The number of furan rings is 1. The summed E-state index contributed by atoms with van der Waals surface area (Å²) in [6, 6.07) is 18.5. The topological polar surface area (TPSA) is 89.8 Å². The Morgan fingerprint density at radius 1 is 1.03 bits per heavy atom. The first-order chi connectivity index (χ1) is 16.2. The molecule has 7 nitrogen and oxygen atoms in total. The summed E-state index contributed by atoms with van der Waals surface area (Å²) in [7, 11) is 1.62. The molecular formula is C25H22IN5O2. The lowest BCUT2D eigenvalue weighted by Crippen LogP contribution is -2.43. The number of ether oxygens (including phenoxy) is 1. The molecule has 0 radical (unpaired) electrons. The van der Waals surface area contributed by atoms with Gasteiger partial charge < -0.3 is 14.9 Å². The van der Waals surface area contributed by atoms with Crippen LogP contribution in [0.1, 0.15) is 24.8 Å². The van der Waals surface area contributed by atoms with Crippen LogP contribution in [0.4, 0.5) is 5.95 Å². The number of fused-ring (bicyclic) bond motifs is 1. The SMILES string of the molecule is COc1nc(N2C=NI=C2)nc2oc(-c3ccc(C4(N)CCC4)cc3)c(-c3ccccc3)c12. The highest BCUT2D eigenvalue weighted by Gasteiger charge is 2.34. The summed E-state index contributed by atoms with van der Waals surface area (Å²) in [6.45, 7) is 0. The number of methoxy groups -OCH3 is 1. The van der Waals surface area contributed by atoms with Crippen molar-refractivity contribution in [2.75, 3.05) is 12.0 Å². The molecule has 1 saturated carbocycles.